The predicted octanol–water partition coefficient (Wildman–Crippen LogP) is -0.362. The van der Waals surface area contributed by atoms with Gasteiger partial charge < -0.3 is 15.2 Å². The molecule has 0 aliphatic heterocycles. The molecule has 2 aromatic rings. The van der Waals surface area contributed by atoms with Gasteiger partial charge in [0.1, 0.15) is 6.33 Å². The summed E-state index contributed by atoms with van der Waals surface area (Å²) < 4.78 is 1.74. The van der Waals surface area contributed by atoms with Crippen molar-refractivity contribution in [2.45, 2.75) is 6.54 Å². The maximum atomic E-state index is 11.7. The van der Waals surface area contributed by atoms with Crippen LogP contribution in [0.15, 0.2) is 6.33 Å². The van der Waals surface area contributed by atoms with E-state index in [1.807, 2.05) is 7.05 Å². The fourth-order valence-corrected chi connectivity index (χ4v) is 1.73. The molecule has 0 aromatic carbocycles. The molecule has 17 heavy (non-hydrogen) atoms. The van der Waals surface area contributed by atoms with Crippen LogP contribution in [-0.4, -0.2) is 37.9 Å². The maximum absolute atomic E-state index is 11.7. The third kappa shape index (κ3) is 2.56. The van der Waals surface area contributed by atoms with Gasteiger partial charge in [-0.05, 0) is 0 Å². The number of aryl methyl sites for hydroxylation is 1. The van der Waals surface area contributed by atoms with Gasteiger partial charge >= 0.3 is 0 Å². The molecule has 0 aliphatic carbocycles. The summed E-state index contributed by atoms with van der Waals surface area (Å²) in [6.07, 6.45) is 1.57. The summed E-state index contributed by atoms with van der Waals surface area (Å²) in [5.74, 6) is 0.406. The molecule has 0 unspecified atom stereocenters. The lowest BCUT2D eigenvalue weighted by molar-refractivity contribution is 0.0948. The van der Waals surface area contributed by atoms with Gasteiger partial charge in [0, 0.05) is 14.1 Å². The first-order chi connectivity index (χ1) is 8.20. The molecular formula is C8H11N7OS. The minimum absolute atomic E-state index is 0.271. The van der Waals surface area contributed by atoms with Crippen molar-refractivity contribution in [2.75, 3.05) is 12.4 Å². The number of nitrogens with zero attached hydrogens (tertiary/aromatic N) is 5. The van der Waals surface area contributed by atoms with E-state index >= 15 is 0 Å². The third-order valence-electron chi connectivity index (χ3n) is 2.05. The molecule has 0 radical (unpaired) electrons. The van der Waals surface area contributed by atoms with E-state index in [-0.39, 0.29) is 5.91 Å². The number of aromatic nitrogens is 5. The van der Waals surface area contributed by atoms with Gasteiger partial charge in [0.15, 0.2) is 5.82 Å². The van der Waals surface area contributed by atoms with Crippen LogP contribution in [0.1, 0.15) is 15.6 Å². The SMILES string of the molecule is CNc1nnc(C(=O)NCc2nncn2C)s1. The van der Waals surface area contributed by atoms with E-state index in [4.69, 9.17) is 0 Å². The molecule has 90 valence electrons. The summed E-state index contributed by atoms with van der Waals surface area (Å²) in [5, 5.41) is 21.6. The highest BCUT2D eigenvalue weighted by Crippen LogP contribution is 2.13. The zero-order valence-electron chi connectivity index (χ0n) is 9.34. The molecule has 0 saturated carbocycles. The molecule has 0 bridgehead atoms. The minimum atomic E-state index is -0.271. The Labute approximate surface area is 101 Å². The highest BCUT2D eigenvalue weighted by Gasteiger charge is 2.12. The quantitative estimate of drug-likeness (QED) is 0.772. The smallest absolute Gasteiger partial charge is 0.282 e. The van der Waals surface area contributed by atoms with Gasteiger partial charge in [-0.3, -0.25) is 4.79 Å². The lowest BCUT2D eigenvalue weighted by Gasteiger charge is -2.01. The summed E-state index contributed by atoms with van der Waals surface area (Å²) in [6.45, 7) is 0.309. The van der Waals surface area contributed by atoms with E-state index in [9.17, 15) is 4.79 Å². The minimum Gasteiger partial charge on any atom is -0.363 e. The number of hydrogen-bond donors (Lipinski definition) is 2. The molecule has 0 aliphatic rings. The van der Waals surface area contributed by atoms with Crippen molar-refractivity contribution in [3.05, 3.63) is 17.2 Å². The standard InChI is InChI=1S/C8H11N7OS/c1-9-8-14-13-7(17-8)6(16)10-3-5-12-11-4-15(5)2/h4H,3H2,1-2H3,(H,9,14)(H,10,16). The van der Waals surface area contributed by atoms with Crippen molar-refractivity contribution in [2.24, 2.45) is 7.05 Å². The molecule has 0 saturated heterocycles. The van der Waals surface area contributed by atoms with Crippen LogP contribution >= 0.6 is 11.3 Å². The number of nitrogens with one attached hydrogen (secondary N) is 2. The second-order valence-electron chi connectivity index (χ2n) is 3.20. The summed E-state index contributed by atoms with van der Waals surface area (Å²) in [5.41, 5.74) is 0. The Morgan fingerprint density at radius 3 is 2.88 bits per heavy atom. The zero-order chi connectivity index (χ0) is 12.3. The normalized spacial score (nSPS) is 10.2. The monoisotopic (exact) mass is 253 g/mol. The number of hydrogen-bond acceptors (Lipinski definition) is 7. The second kappa shape index (κ2) is 4.87. The van der Waals surface area contributed by atoms with Crippen LogP contribution in [0.25, 0.3) is 0 Å². The zero-order valence-corrected chi connectivity index (χ0v) is 10.2. The average Bonchev–Trinajstić information content (AvgIpc) is 2.94. The van der Waals surface area contributed by atoms with E-state index in [2.05, 4.69) is 31.0 Å². The van der Waals surface area contributed by atoms with Gasteiger partial charge in [0.05, 0.1) is 6.54 Å². The van der Waals surface area contributed by atoms with Crippen LogP contribution in [0.2, 0.25) is 0 Å². The number of anilines is 1. The Morgan fingerprint density at radius 1 is 1.47 bits per heavy atom. The van der Waals surface area contributed by atoms with Crippen LogP contribution in [0.5, 0.6) is 0 Å². The van der Waals surface area contributed by atoms with Gasteiger partial charge in [-0.25, -0.2) is 0 Å². The van der Waals surface area contributed by atoms with Crippen LogP contribution in [0.3, 0.4) is 0 Å². The Bertz CT molecular complexity index is 519. The van der Waals surface area contributed by atoms with Gasteiger partial charge in [-0.2, -0.15) is 0 Å². The van der Waals surface area contributed by atoms with E-state index in [1.54, 1.807) is 17.9 Å². The van der Waals surface area contributed by atoms with Crippen molar-refractivity contribution in [1.82, 2.24) is 30.3 Å². The predicted molar refractivity (Wildman–Crippen MR) is 61.6 cm³/mol. The van der Waals surface area contributed by atoms with Crippen molar-refractivity contribution < 1.29 is 4.79 Å². The first-order valence-electron chi connectivity index (χ1n) is 4.83. The molecule has 2 N–H and O–H groups in total. The lowest BCUT2D eigenvalue weighted by Crippen LogP contribution is -2.24. The highest BCUT2D eigenvalue weighted by molar-refractivity contribution is 7.17. The Kier molecular flexibility index (Phi) is 3.28. The van der Waals surface area contributed by atoms with Crippen molar-refractivity contribution in [1.29, 1.82) is 0 Å². The highest BCUT2D eigenvalue weighted by atomic mass is 32.1. The molecule has 2 aromatic heterocycles. The summed E-state index contributed by atoms with van der Waals surface area (Å²) in [7, 11) is 3.54. The van der Waals surface area contributed by atoms with Gasteiger partial charge in [0.25, 0.3) is 5.91 Å². The molecule has 0 fully saturated rings. The van der Waals surface area contributed by atoms with E-state index in [0.717, 1.165) is 0 Å². The van der Waals surface area contributed by atoms with Crippen molar-refractivity contribution in [3.8, 4) is 0 Å². The van der Waals surface area contributed by atoms with Crippen LogP contribution in [-0.2, 0) is 13.6 Å². The molecule has 9 heteroatoms. The molecule has 0 spiro atoms. The summed E-state index contributed by atoms with van der Waals surface area (Å²) in [4.78, 5) is 11.7. The second-order valence-corrected chi connectivity index (χ2v) is 4.18. The first kappa shape index (κ1) is 11.5. The van der Waals surface area contributed by atoms with Gasteiger partial charge in [0.2, 0.25) is 10.1 Å². The third-order valence-corrected chi connectivity index (χ3v) is 2.98. The first-order valence-corrected chi connectivity index (χ1v) is 5.64. The van der Waals surface area contributed by atoms with E-state index in [0.29, 0.717) is 22.5 Å². The molecule has 2 rings (SSSR count). The molecule has 8 nitrogen and oxygen atoms in total. The molecular weight excluding hydrogens is 242 g/mol. The number of carbonyl (C=O) groups excluding carboxylic acids is 1. The van der Waals surface area contributed by atoms with Crippen molar-refractivity contribution in [3.63, 3.8) is 0 Å². The molecule has 1 amide bonds. The summed E-state index contributed by atoms with van der Waals surface area (Å²) in [6, 6.07) is 0. The van der Waals surface area contributed by atoms with Gasteiger partial charge in [-0.1, -0.05) is 11.3 Å². The fourth-order valence-electron chi connectivity index (χ4n) is 1.12. The van der Waals surface area contributed by atoms with Crippen molar-refractivity contribution >= 4 is 22.4 Å². The van der Waals surface area contributed by atoms with E-state index in [1.165, 1.54) is 11.3 Å². The van der Waals surface area contributed by atoms with Crippen LogP contribution in [0, 0.1) is 0 Å². The Hall–Kier alpha value is -2.03. The topological polar surface area (TPSA) is 97.6 Å². The Balaban J connectivity index is 1.95. The average molecular weight is 253 g/mol. The largest absolute Gasteiger partial charge is 0.363 e. The fraction of sp³-hybridized carbons (Fsp3) is 0.375. The molecule has 2 heterocycles. The number of amides is 1. The van der Waals surface area contributed by atoms with E-state index < -0.39 is 0 Å². The maximum Gasteiger partial charge on any atom is 0.282 e. The summed E-state index contributed by atoms with van der Waals surface area (Å²) >= 11 is 1.19. The van der Waals surface area contributed by atoms with Crippen LogP contribution in [0.4, 0.5) is 5.13 Å². The number of carbonyl (C=O) groups is 1. The Morgan fingerprint density at radius 2 is 2.29 bits per heavy atom. The molecule has 0 atom stereocenters. The lowest BCUT2D eigenvalue weighted by atomic mass is 10.5. The van der Waals surface area contributed by atoms with Gasteiger partial charge in [-0.15, -0.1) is 20.4 Å². The number of rotatable bonds is 4. The van der Waals surface area contributed by atoms with Crippen LogP contribution < -0.4 is 10.6 Å².